The summed E-state index contributed by atoms with van der Waals surface area (Å²) in [7, 11) is 1.73. The molecular formula is C27H19ClF3N3O2. The number of aromatic amines is 1. The van der Waals surface area contributed by atoms with E-state index in [1.165, 1.54) is 24.4 Å². The number of imidazole rings is 1. The first kappa shape index (κ1) is 23.8. The summed E-state index contributed by atoms with van der Waals surface area (Å²) in [5.74, 6) is 0. The van der Waals surface area contributed by atoms with Gasteiger partial charge in [0.1, 0.15) is 0 Å². The summed E-state index contributed by atoms with van der Waals surface area (Å²) in [4.78, 5) is 19.2. The van der Waals surface area contributed by atoms with Gasteiger partial charge in [-0.15, -0.1) is 0 Å². The highest BCUT2D eigenvalue weighted by Crippen LogP contribution is 2.41. The fourth-order valence-electron chi connectivity index (χ4n) is 4.53. The number of rotatable bonds is 4. The summed E-state index contributed by atoms with van der Waals surface area (Å²) in [5, 5.41) is 13.0. The lowest BCUT2D eigenvalue weighted by molar-refractivity contribution is -0.137. The monoisotopic (exact) mass is 509 g/mol. The van der Waals surface area contributed by atoms with Crippen LogP contribution in [-0.4, -0.2) is 19.6 Å². The lowest BCUT2D eigenvalue weighted by Crippen LogP contribution is -2.31. The van der Waals surface area contributed by atoms with Crippen molar-refractivity contribution in [2.45, 2.75) is 11.8 Å². The number of aryl methyl sites for hydroxylation is 1. The normalized spacial score (nSPS) is 13.6. The number of pyridine rings is 1. The van der Waals surface area contributed by atoms with Gasteiger partial charge in [-0.1, -0.05) is 48.0 Å². The van der Waals surface area contributed by atoms with Crippen LogP contribution >= 0.6 is 11.6 Å². The van der Waals surface area contributed by atoms with Crippen LogP contribution in [0.5, 0.6) is 0 Å². The molecule has 2 aromatic heterocycles. The standard InChI is InChI=1S/C27H19ClF3N3O2/c1-34-15-32-14-24(34)26(36,16-6-9-18(28)10-7-16)17-8-11-23-21(12-17)20(13-25(35)33-23)19-4-2-3-5-22(19)27(29,30)31/h2-15,36H,1H3,(H,33,35). The minimum atomic E-state index is -4.62. The fourth-order valence-corrected chi connectivity index (χ4v) is 4.65. The van der Waals surface area contributed by atoms with Crippen molar-refractivity contribution in [1.29, 1.82) is 0 Å². The average molecular weight is 510 g/mol. The van der Waals surface area contributed by atoms with Crippen LogP contribution in [0.1, 0.15) is 22.4 Å². The van der Waals surface area contributed by atoms with Gasteiger partial charge in [0.25, 0.3) is 0 Å². The topological polar surface area (TPSA) is 70.9 Å². The van der Waals surface area contributed by atoms with Gasteiger partial charge in [-0.3, -0.25) is 4.79 Å². The smallest absolute Gasteiger partial charge is 0.374 e. The number of alkyl halides is 3. The first-order valence-corrected chi connectivity index (χ1v) is 11.3. The van der Waals surface area contributed by atoms with Gasteiger partial charge in [0.2, 0.25) is 5.56 Å². The first-order chi connectivity index (χ1) is 17.1. The molecule has 2 N–H and O–H groups in total. The van der Waals surface area contributed by atoms with Crippen LogP contribution in [0.3, 0.4) is 0 Å². The molecule has 9 heteroatoms. The summed E-state index contributed by atoms with van der Waals surface area (Å²) in [6.07, 6.45) is -1.56. The Morgan fingerprint density at radius 1 is 0.944 bits per heavy atom. The van der Waals surface area contributed by atoms with Gasteiger partial charge in [-0.05, 0) is 52.6 Å². The summed E-state index contributed by atoms with van der Waals surface area (Å²) >= 11 is 6.07. The van der Waals surface area contributed by atoms with E-state index < -0.39 is 22.9 Å². The quantitative estimate of drug-likeness (QED) is 0.317. The van der Waals surface area contributed by atoms with E-state index in [1.807, 2.05) is 0 Å². The highest BCUT2D eigenvalue weighted by atomic mass is 35.5. The van der Waals surface area contributed by atoms with Crippen LogP contribution in [-0.2, 0) is 18.8 Å². The molecule has 1 atom stereocenters. The van der Waals surface area contributed by atoms with Crippen LogP contribution in [0.2, 0.25) is 5.02 Å². The number of aliphatic hydroxyl groups is 1. The van der Waals surface area contributed by atoms with Crippen molar-refractivity contribution in [3.63, 3.8) is 0 Å². The molecule has 5 nitrogen and oxygen atoms in total. The minimum absolute atomic E-state index is 0.104. The Hall–Kier alpha value is -3.88. The Morgan fingerprint density at radius 2 is 1.64 bits per heavy atom. The number of fused-ring (bicyclic) bond motifs is 1. The maximum Gasteiger partial charge on any atom is 0.417 e. The summed E-state index contributed by atoms with van der Waals surface area (Å²) in [6, 6.07) is 17.7. The second-order valence-electron chi connectivity index (χ2n) is 8.46. The number of hydrogen-bond donors (Lipinski definition) is 2. The zero-order chi connectivity index (χ0) is 25.7. The predicted molar refractivity (Wildman–Crippen MR) is 132 cm³/mol. The Kier molecular flexibility index (Phi) is 5.73. The zero-order valence-electron chi connectivity index (χ0n) is 18.8. The van der Waals surface area contributed by atoms with E-state index in [1.54, 1.807) is 60.4 Å². The molecule has 0 radical (unpaired) electrons. The van der Waals surface area contributed by atoms with Crippen LogP contribution < -0.4 is 5.56 Å². The van der Waals surface area contributed by atoms with E-state index in [0.717, 1.165) is 12.1 Å². The van der Waals surface area contributed by atoms with Crippen LogP contribution in [0.15, 0.2) is 90.1 Å². The molecular weight excluding hydrogens is 491 g/mol. The van der Waals surface area contributed by atoms with Gasteiger partial charge in [-0.25, -0.2) is 4.98 Å². The van der Waals surface area contributed by atoms with Crippen molar-refractivity contribution < 1.29 is 18.3 Å². The highest BCUT2D eigenvalue weighted by molar-refractivity contribution is 6.30. The van der Waals surface area contributed by atoms with Gasteiger partial charge < -0.3 is 14.7 Å². The van der Waals surface area contributed by atoms with E-state index in [0.29, 0.717) is 32.7 Å². The second-order valence-corrected chi connectivity index (χ2v) is 8.89. The van der Waals surface area contributed by atoms with Gasteiger partial charge >= 0.3 is 6.18 Å². The molecule has 5 rings (SSSR count). The van der Waals surface area contributed by atoms with E-state index in [-0.39, 0.29) is 11.1 Å². The second kappa shape index (κ2) is 8.65. The average Bonchev–Trinajstić information content (AvgIpc) is 3.29. The molecule has 0 aliphatic heterocycles. The Balaban J connectivity index is 1.83. The third-order valence-corrected chi connectivity index (χ3v) is 6.48. The SMILES string of the molecule is Cn1cncc1C(O)(c1ccc(Cl)cc1)c1ccc2[nH]c(=O)cc(-c3ccccc3C(F)(F)F)c2c1. The minimum Gasteiger partial charge on any atom is -0.374 e. The summed E-state index contributed by atoms with van der Waals surface area (Å²) in [6.45, 7) is 0. The number of halogens is 4. The Labute approximate surface area is 208 Å². The maximum atomic E-state index is 13.8. The van der Waals surface area contributed by atoms with Crippen molar-refractivity contribution >= 4 is 22.5 Å². The van der Waals surface area contributed by atoms with Crippen LogP contribution in [0.4, 0.5) is 13.2 Å². The molecule has 36 heavy (non-hydrogen) atoms. The van der Waals surface area contributed by atoms with Crippen LogP contribution in [0, 0.1) is 0 Å². The predicted octanol–water partition coefficient (Wildman–Crippen LogP) is 5.89. The maximum absolute atomic E-state index is 13.8. The van der Waals surface area contributed by atoms with E-state index >= 15 is 0 Å². The highest BCUT2D eigenvalue weighted by Gasteiger charge is 2.37. The van der Waals surface area contributed by atoms with Crippen molar-refractivity contribution in [3.8, 4) is 11.1 Å². The number of nitrogens with one attached hydrogen (secondary N) is 1. The molecule has 0 bridgehead atoms. The number of aromatic nitrogens is 3. The molecule has 0 saturated heterocycles. The number of nitrogens with zero attached hydrogens (tertiary/aromatic N) is 2. The fraction of sp³-hybridized carbons (Fsp3) is 0.111. The molecule has 0 aliphatic carbocycles. The lowest BCUT2D eigenvalue weighted by atomic mass is 9.82. The van der Waals surface area contributed by atoms with Crippen molar-refractivity contribution in [2.24, 2.45) is 7.05 Å². The Bertz CT molecular complexity index is 1640. The number of benzene rings is 3. The first-order valence-electron chi connectivity index (χ1n) is 10.9. The van der Waals surface area contributed by atoms with E-state index in [4.69, 9.17) is 11.6 Å². The van der Waals surface area contributed by atoms with Gasteiger partial charge in [0.15, 0.2) is 5.60 Å². The van der Waals surface area contributed by atoms with E-state index in [9.17, 15) is 23.1 Å². The molecule has 0 aliphatic rings. The van der Waals surface area contributed by atoms with Crippen molar-refractivity contribution in [3.05, 3.63) is 123 Å². The number of hydrogen-bond acceptors (Lipinski definition) is 3. The molecule has 0 spiro atoms. The van der Waals surface area contributed by atoms with Crippen molar-refractivity contribution in [2.75, 3.05) is 0 Å². The largest absolute Gasteiger partial charge is 0.417 e. The molecule has 0 amide bonds. The van der Waals surface area contributed by atoms with Crippen LogP contribution in [0.25, 0.3) is 22.0 Å². The summed E-state index contributed by atoms with van der Waals surface area (Å²) in [5.41, 5.74) is -1.52. The molecule has 0 fully saturated rings. The van der Waals surface area contributed by atoms with Gasteiger partial charge in [-0.2, -0.15) is 13.2 Å². The zero-order valence-corrected chi connectivity index (χ0v) is 19.6. The molecule has 1 unspecified atom stereocenters. The summed E-state index contributed by atoms with van der Waals surface area (Å²) < 4.78 is 43.2. The molecule has 2 heterocycles. The third kappa shape index (κ3) is 3.98. The molecule has 182 valence electrons. The lowest BCUT2D eigenvalue weighted by Gasteiger charge is -2.30. The van der Waals surface area contributed by atoms with E-state index in [2.05, 4.69) is 9.97 Å². The third-order valence-electron chi connectivity index (χ3n) is 6.23. The molecule has 5 aromatic rings. The van der Waals surface area contributed by atoms with Gasteiger partial charge in [0, 0.05) is 29.0 Å². The molecule has 3 aromatic carbocycles. The van der Waals surface area contributed by atoms with Crippen molar-refractivity contribution in [1.82, 2.24) is 14.5 Å². The molecule has 0 saturated carbocycles. The Morgan fingerprint density at radius 3 is 2.31 bits per heavy atom. The van der Waals surface area contributed by atoms with Gasteiger partial charge in [0.05, 0.1) is 23.8 Å². The number of H-pyrrole nitrogens is 1.